The van der Waals surface area contributed by atoms with Gasteiger partial charge in [-0.25, -0.2) is 9.97 Å². The van der Waals surface area contributed by atoms with Gasteiger partial charge in [-0.05, 0) is 29.2 Å². The van der Waals surface area contributed by atoms with E-state index in [2.05, 4.69) is 52.4 Å². The van der Waals surface area contributed by atoms with Gasteiger partial charge in [0.25, 0.3) is 0 Å². The summed E-state index contributed by atoms with van der Waals surface area (Å²) in [6.07, 6.45) is 3.79. The highest BCUT2D eigenvalue weighted by Gasteiger charge is 2.02. The topological polar surface area (TPSA) is 25.8 Å². The van der Waals surface area contributed by atoms with Crippen LogP contribution in [0.4, 0.5) is 0 Å². The molecule has 0 aliphatic rings. The maximum absolute atomic E-state index is 4.52. The number of nitrogens with zero attached hydrogens (tertiary/aromatic N) is 2. The Morgan fingerprint density at radius 1 is 0.944 bits per heavy atom. The van der Waals surface area contributed by atoms with Crippen LogP contribution in [0.1, 0.15) is 0 Å². The third-order valence-corrected chi connectivity index (χ3v) is 3.42. The maximum Gasteiger partial charge on any atom is 0.187 e. The van der Waals surface area contributed by atoms with Crippen LogP contribution in [-0.4, -0.2) is 16.2 Å². The van der Waals surface area contributed by atoms with E-state index in [1.807, 2.05) is 18.5 Å². The smallest absolute Gasteiger partial charge is 0.187 e. The summed E-state index contributed by atoms with van der Waals surface area (Å²) in [6, 6.07) is 16.7. The highest BCUT2D eigenvalue weighted by molar-refractivity contribution is 7.98. The van der Waals surface area contributed by atoms with Crippen LogP contribution in [0.5, 0.6) is 0 Å². The lowest BCUT2D eigenvalue weighted by Crippen LogP contribution is -1.88. The maximum atomic E-state index is 4.52. The monoisotopic (exact) mass is 252 g/mol. The number of hydrogen-bond donors (Lipinski definition) is 0. The Morgan fingerprint density at radius 2 is 1.78 bits per heavy atom. The lowest BCUT2D eigenvalue weighted by molar-refractivity contribution is 0.976. The molecule has 2 nitrogen and oxygen atoms in total. The fourth-order valence-corrected chi connectivity index (χ4v) is 2.30. The molecule has 0 unspecified atom stereocenters. The molecule has 0 saturated heterocycles. The number of aromatic nitrogens is 2. The van der Waals surface area contributed by atoms with Gasteiger partial charge in [-0.2, -0.15) is 0 Å². The summed E-state index contributed by atoms with van der Waals surface area (Å²) >= 11 is 1.56. The molecule has 1 aromatic heterocycles. The van der Waals surface area contributed by atoms with Gasteiger partial charge < -0.3 is 0 Å². The van der Waals surface area contributed by atoms with Crippen LogP contribution in [0.3, 0.4) is 0 Å². The second-order valence-electron chi connectivity index (χ2n) is 3.99. The second-order valence-corrected chi connectivity index (χ2v) is 4.76. The number of benzene rings is 2. The van der Waals surface area contributed by atoms with Crippen molar-refractivity contribution >= 4 is 22.5 Å². The first-order valence-electron chi connectivity index (χ1n) is 5.73. The number of hydrogen-bond acceptors (Lipinski definition) is 3. The Labute approximate surface area is 110 Å². The van der Waals surface area contributed by atoms with E-state index in [0.717, 1.165) is 16.4 Å². The molecule has 2 aromatic carbocycles. The van der Waals surface area contributed by atoms with Crippen LogP contribution >= 0.6 is 11.8 Å². The third kappa shape index (κ3) is 2.09. The molecular formula is C15H12N2S. The first kappa shape index (κ1) is 11.2. The van der Waals surface area contributed by atoms with Crippen molar-refractivity contribution in [3.63, 3.8) is 0 Å². The first-order valence-corrected chi connectivity index (χ1v) is 6.95. The SMILES string of the molecule is CSc1nccc(-c2ccc3ccccc3c2)n1. The van der Waals surface area contributed by atoms with Gasteiger partial charge in [0.1, 0.15) is 0 Å². The Kier molecular flexibility index (Phi) is 2.99. The summed E-state index contributed by atoms with van der Waals surface area (Å²) in [5, 5.41) is 3.29. The normalized spacial score (nSPS) is 10.7. The van der Waals surface area contributed by atoms with Gasteiger partial charge in [0.05, 0.1) is 5.69 Å². The van der Waals surface area contributed by atoms with Gasteiger partial charge in [-0.1, -0.05) is 48.2 Å². The minimum absolute atomic E-state index is 0.806. The highest BCUT2D eigenvalue weighted by atomic mass is 32.2. The van der Waals surface area contributed by atoms with E-state index < -0.39 is 0 Å². The number of thioether (sulfide) groups is 1. The largest absolute Gasteiger partial charge is 0.231 e. The molecule has 0 aliphatic heterocycles. The zero-order valence-corrected chi connectivity index (χ0v) is 10.8. The number of fused-ring (bicyclic) bond motifs is 1. The zero-order valence-electron chi connectivity index (χ0n) is 10.00. The minimum Gasteiger partial charge on any atom is -0.231 e. The van der Waals surface area contributed by atoms with E-state index in [1.165, 1.54) is 10.8 Å². The van der Waals surface area contributed by atoms with Gasteiger partial charge in [-0.3, -0.25) is 0 Å². The fraction of sp³-hybridized carbons (Fsp3) is 0.0667. The van der Waals surface area contributed by atoms with Gasteiger partial charge in [-0.15, -0.1) is 0 Å². The predicted molar refractivity (Wildman–Crippen MR) is 76.8 cm³/mol. The fourth-order valence-electron chi connectivity index (χ4n) is 1.95. The molecular weight excluding hydrogens is 240 g/mol. The second kappa shape index (κ2) is 4.78. The molecule has 0 bridgehead atoms. The molecule has 1 heterocycles. The van der Waals surface area contributed by atoms with E-state index in [0.29, 0.717) is 0 Å². The number of rotatable bonds is 2. The molecule has 0 fully saturated rings. The van der Waals surface area contributed by atoms with Crippen LogP contribution < -0.4 is 0 Å². The highest BCUT2D eigenvalue weighted by Crippen LogP contribution is 2.23. The average Bonchev–Trinajstić information content (AvgIpc) is 2.47. The van der Waals surface area contributed by atoms with E-state index >= 15 is 0 Å². The molecule has 0 spiro atoms. The van der Waals surface area contributed by atoms with E-state index in [9.17, 15) is 0 Å². The Bertz CT molecular complexity index is 695. The summed E-state index contributed by atoms with van der Waals surface area (Å²) in [5.41, 5.74) is 2.10. The van der Waals surface area contributed by atoms with Crippen LogP contribution in [0.2, 0.25) is 0 Å². The molecule has 0 atom stereocenters. The summed E-state index contributed by atoms with van der Waals surface area (Å²) in [7, 11) is 0. The van der Waals surface area contributed by atoms with Crippen molar-refractivity contribution in [1.29, 1.82) is 0 Å². The molecule has 0 aliphatic carbocycles. The molecule has 88 valence electrons. The molecule has 0 radical (unpaired) electrons. The quantitative estimate of drug-likeness (QED) is 0.509. The molecule has 0 saturated carbocycles. The molecule has 0 amide bonds. The van der Waals surface area contributed by atoms with Crippen molar-refractivity contribution in [2.24, 2.45) is 0 Å². The zero-order chi connectivity index (χ0) is 12.4. The van der Waals surface area contributed by atoms with Crippen molar-refractivity contribution in [1.82, 2.24) is 9.97 Å². The van der Waals surface area contributed by atoms with E-state index in [-0.39, 0.29) is 0 Å². The van der Waals surface area contributed by atoms with Crippen LogP contribution in [0, 0.1) is 0 Å². The summed E-state index contributed by atoms with van der Waals surface area (Å²) in [5.74, 6) is 0. The summed E-state index contributed by atoms with van der Waals surface area (Å²) in [4.78, 5) is 8.72. The lowest BCUT2D eigenvalue weighted by atomic mass is 10.1. The van der Waals surface area contributed by atoms with Crippen molar-refractivity contribution in [2.45, 2.75) is 5.16 Å². The Balaban J connectivity index is 2.13. The lowest BCUT2D eigenvalue weighted by Gasteiger charge is -2.04. The molecule has 3 aromatic rings. The molecule has 18 heavy (non-hydrogen) atoms. The Morgan fingerprint density at radius 3 is 2.61 bits per heavy atom. The molecule has 3 heteroatoms. The summed E-state index contributed by atoms with van der Waals surface area (Å²) < 4.78 is 0. The van der Waals surface area contributed by atoms with Crippen molar-refractivity contribution in [3.8, 4) is 11.3 Å². The standard InChI is InChI=1S/C15H12N2S/c1-18-15-16-9-8-14(17-15)13-7-6-11-4-2-3-5-12(11)10-13/h2-10H,1H3. The van der Waals surface area contributed by atoms with Gasteiger partial charge >= 0.3 is 0 Å². The first-order chi connectivity index (χ1) is 8.86. The van der Waals surface area contributed by atoms with Crippen LogP contribution in [0.25, 0.3) is 22.0 Å². The third-order valence-electron chi connectivity index (χ3n) is 2.86. The van der Waals surface area contributed by atoms with Crippen LogP contribution in [0.15, 0.2) is 59.9 Å². The summed E-state index contributed by atoms with van der Waals surface area (Å²) in [6.45, 7) is 0. The van der Waals surface area contributed by atoms with Gasteiger partial charge in [0.2, 0.25) is 0 Å². The molecule has 3 rings (SSSR count). The predicted octanol–water partition coefficient (Wildman–Crippen LogP) is 4.02. The van der Waals surface area contributed by atoms with E-state index in [4.69, 9.17) is 0 Å². The van der Waals surface area contributed by atoms with E-state index in [1.54, 1.807) is 11.8 Å². The van der Waals surface area contributed by atoms with Crippen molar-refractivity contribution in [2.75, 3.05) is 6.26 Å². The van der Waals surface area contributed by atoms with Crippen LogP contribution in [-0.2, 0) is 0 Å². The van der Waals surface area contributed by atoms with Gasteiger partial charge in [0.15, 0.2) is 5.16 Å². The van der Waals surface area contributed by atoms with Crippen molar-refractivity contribution in [3.05, 3.63) is 54.7 Å². The van der Waals surface area contributed by atoms with Crippen molar-refractivity contribution < 1.29 is 0 Å². The Hall–Kier alpha value is -1.87. The van der Waals surface area contributed by atoms with Gasteiger partial charge in [0, 0.05) is 11.8 Å². The minimum atomic E-state index is 0.806. The molecule has 0 N–H and O–H groups in total. The average molecular weight is 252 g/mol.